The number of hydrogen-bond donors (Lipinski definition) is 1. The van der Waals surface area contributed by atoms with Gasteiger partial charge in [-0.05, 0) is 0 Å². The average Bonchev–Trinajstić information content (AvgIpc) is 2.82. The van der Waals surface area contributed by atoms with Gasteiger partial charge >= 0.3 is 17.1 Å². The largest absolute Gasteiger partial charge is 2.00 e. The molecule has 0 aromatic heterocycles. The molecule has 0 unspecified atom stereocenters. The molecule has 74 valence electrons. The number of aliphatic carboxylic acids is 1. The minimum absolute atomic E-state index is 0. The fourth-order valence-corrected chi connectivity index (χ4v) is 0.892. The van der Waals surface area contributed by atoms with E-state index in [2.05, 4.69) is 18.2 Å². The van der Waals surface area contributed by atoms with Crippen LogP contribution in [-0.2, 0) is 21.9 Å². The molecule has 14 heavy (non-hydrogen) atoms. The summed E-state index contributed by atoms with van der Waals surface area (Å²) in [6.07, 6.45) is 16.6. The Labute approximate surface area is 94.2 Å². The molecule has 0 saturated heterocycles. The van der Waals surface area contributed by atoms with Crippen molar-refractivity contribution in [2.45, 2.75) is 12.8 Å². The van der Waals surface area contributed by atoms with E-state index in [4.69, 9.17) is 5.11 Å². The number of hydrogen-bond acceptors (Lipinski definition) is 1. The molecule has 3 heteroatoms. The van der Waals surface area contributed by atoms with Gasteiger partial charge in [-0.25, -0.2) is 12.2 Å². The topological polar surface area (TPSA) is 37.3 Å². The predicted molar refractivity (Wildman–Crippen MR) is 49.7 cm³/mol. The number of carboxylic acids is 1. The molecule has 0 aromatic rings. The molecular weight excluding hydrogens is 220 g/mol. The van der Waals surface area contributed by atoms with E-state index in [1.807, 2.05) is 12.2 Å². The summed E-state index contributed by atoms with van der Waals surface area (Å²) in [5.41, 5.74) is 0.282. The van der Waals surface area contributed by atoms with Crippen LogP contribution < -0.4 is 0 Å². The normalized spacial score (nSPS) is 15.6. The van der Waals surface area contributed by atoms with E-state index in [-0.39, 0.29) is 22.6 Å². The molecule has 2 aliphatic carbocycles. The monoisotopic (exact) mass is 230 g/mol. The van der Waals surface area contributed by atoms with Gasteiger partial charge < -0.3 is 9.90 Å². The van der Waals surface area contributed by atoms with E-state index in [0.717, 1.165) is 6.42 Å². The zero-order chi connectivity index (χ0) is 9.52. The Morgan fingerprint density at radius 1 is 1.36 bits per heavy atom. The molecule has 0 amide bonds. The fourth-order valence-electron chi connectivity index (χ4n) is 0.892. The number of rotatable bonds is 1. The fraction of sp³-hybridized carbons (Fsp3) is 0.182. The third-order valence-corrected chi connectivity index (χ3v) is 1.51. The first-order valence-electron chi connectivity index (χ1n) is 4.03. The van der Waals surface area contributed by atoms with Crippen LogP contribution in [0.2, 0.25) is 0 Å². The van der Waals surface area contributed by atoms with Crippen molar-refractivity contribution < 1.29 is 27.0 Å². The van der Waals surface area contributed by atoms with Crippen LogP contribution in [-0.4, -0.2) is 11.1 Å². The van der Waals surface area contributed by atoms with Crippen molar-refractivity contribution in [2.75, 3.05) is 0 Å². The van der Waals surface area contributed by atoms with Crippen molar-refractivity contribution in [1.29, 1.82) is 0 Å². The summed E-state index contributed by atoms with van der Waals surface area (Å²) in [5, 5.41) is 8.26. The van der Waals surface area contributed by atoms with Crippen LogP contribution in [0.4, 0.5) is 0 Å². The van der Waals surface area contributed by atoms with Crippen LogP contribution in [0.5, 0.6) is 0 Å². The van der Waals surface area contributed by atoms with E-state index in [0.29, 0.717) is 6.42 Å². The van der Waals surface area contributed by atoms with Crippen molar-refractivity contribution in [1.82, 2.24) is 0 Å². The van der Waals surface area contributed by atoms with Crippen LogP contribution in [0, 0.1) is 12.2 Å². The quantitative estimate of drug-likeness (QED) is 0.553. The zero-order valence-electron chi connectivity index (χ0n) is 7.51. The van der Waals surface area contributed by atoms with Crippen LogP contribution in [0.1, 0.15) is 12.8 Å². The van der Waals surface area contributed by atoms with E-state index in [1.165, 1.54) is 0 Å². The number of allylic oxidation sites excluding steroid dienone is 6. The third kappa shape index (κ3) is 4.85. The maximum Gasteiger partial charge on any atom is 2.00 e. The third-order valence-electron chi connectivity index (χ3n) is 1.51. The summed E-state index contributed by atoms with van der Waals surface area (Å²) < 4.78 is 0. The Morgan fingerprint density at radius 3 is 2.36 bits per heavy atom. The van der Waals surface area contributed by atoms with Gasteiger partial charge in [0.05, 0.1) is 0 Å². The van der Waals surface area contributed by atoms with Crippen molar-refractivity contribution in [3.63, 3.8) is 0 Å². The van der Waals surface area contributed by atoms with Crippen LogP contribution in [0.25, 0.3) is 0 Å². The maximum atomic E-state index is 10.1. The molecular formula is C11H10FeO2. The van der Waals surface area contributed by atoms with Crippen LogP contribution in [0.3, 0.4) is 0 Å². The first-order chi connectivity index (χ1) is 6.30. The van der Waals surface area contributed by atoms with E-state index < -0.39 is 5.97 Å². The van der Waals surface area contributed by atoms with Crippen molar-refractivity contribution in [2.24, 2.45) is 0 Å². The molecule has 0 atom stereocenters. The second-order valence-corrected chi connectivity index (χ2v) is 2.51. The molecule has 0 radical (unpaired) electrons. The summed E-state index contributed by atoms with van der Waals surface area (Å²) in [7, 11) is 0. The minimum Gasteiger partial charge on any atom is -0.535 e. The summed E-state index contributed by atoms with van der Waals surface area (Å²) in [6.45, 7) is 0. The molecule has 1 N–H and O–H groups in total. The molecule has 0 bridgehead atoms. The Bertz CT molecular complexity index is 288. The summed E-state index contributed by atoms with van der Waals surface area (Å²) >= 11 is 0. The Morgan fingerprint density at radius 2 is 2.14 bits per heavy atom. The average molecular weight is 230 g/mol. The van der Waals surface area contributed by atoms with Gasteiger partial charge in [0.1, 0.15) is 0 Å². The summed E-state index contributed by atoms with van der Waals surface area (Å²) in [4.78, 5) is 10.1. The second kappa shape index (κ2) is 7.36. The minimum atomic E-state index is -0.890. The molecule has 0 aromatic carbocycles. The zero-order valence-corrected chi connectivity index (χ0v) is 8.61. The maximum absolute atomic E-state index is 10.1. The van der Waals surface area contributed by atoms with Crippen molar-refractivity contribution >= 4 is 5.97 Å². The van der Waals surface area contributed by atoms with E-state index >= 15 is 0 Å². The van der Waals surface area contributed by atoms with Crippen LogP contribution >= 0.6 is 0 Å². The standard InChI is InChI=1S/C6H5O2.C5H5.Fe/c7-6(8)5-3-1-2-4-5;1-2-4-5-3-1;/h1,3H,2H2,(H,7,8);1-3H,4H2;/q2*-1;+2. The van der Waals surface area contributed by atoms with Gasteiger partial charge in [0.25, 0.3) is 0 Å². The molecule has 2 rings (SSSR count). The summed E-state index contributed by atoms with van der Waals surface area (Å²) in [6, 6.07) is 0. The summed E-state index contributed by atoms with van der Waals surface area (Å²) in [5.74, 6) is -0.890. The van der Waals surface area contributed by atoms with Crippen molar-refractivity contribution in [3.05, 3.63) is 48.1 Å². The number of carbonyl (C=O) groups is 1. The van der Waals surface area contributed by atoms with Gasteiger partial charge in [-0.15, -0.1) is 18.1 Å². The van der Waals surface area contributed by atoms with Gasteiger partial charge in [-0.2, -0.15) is 18.2 Å². The Balaban J connectivity index is 0.000000246. The molecule has 0 heterocycles. The molecule has 2 nitrogen and oxygen atoms in total. The molecule has 0 spiro atoms. The van der Waals surface area contributed by atoms with E-state index in [1.54, 1.807) is 12.2 Å². The first kappa shape index (κ1) is 12.9. The van der Waals surface area contributed by atoms with Crippen molar-refractivity contribution in [3.8, 4) is 0 Å². The molecule has 0 saturated carbocycles. The van der Waals surface area contributed by atoms with Gasteiger partial charge in [0, 0.05) is 0 Å². The van der Waals surface area contributed by atoms with E-state index in [9.17, 15) is 4.79 Å². The SMILES string of the molecule is O=C(O)C1=[C-]CC=C1.[C-]1=CC=CC1.[Fe+2]. The number of carboxylic acid groups (broad SMARTS) is 1. The second-order valence-electron chi connectivity index (χ2n) is 2.51. The molecule has 0 fully saturated rings. The molecule has 0 aliphatic heterocycles. The first-order valence-corrected chi connectivity index (χ1v) is 4.03. The Kier molecular flexibility index (Phi) is 6.81. The van der Waals surface area contributed by atoms with Gasteiger partial charge in [-0.3, -0.25) is 6.08 Å². The molecule has 2 aliphatic rings. The smallest absolute Gasteiger partial charge is 0.535 e. The van der Waals surface area contributed by atoms with Gasteiger partial charge in [0.2, 0.25) is 5.97 Å². The van der Waals surface area contributed by atoms with Crippen LogP contribution in [0.15, 0.2) is 36.0 Å². The van der Waals surface area contributed by atoms with Gasteiger partial charge in [0.15, 0.2) is 0 Å². The Hall–Kier alpha value is -1.05. The predicted octanol–water partition coefficient (Wildman–Crippen LogP) is 2.06. The van der Waals surface area contributed by atoms with Gasteiger partial charge in [-0.1, -0.05) is 6.42 Å².